The molecule has 0 aliphatic carbocycles. The molecule has 1 unspecified atom stereocenters. The van der Waals surface area contributed by atoms with Crippen molar-refractivity contribution in [1.82, 2.24) is 0 Å². The van der Waals surface area contributed by atoms with Crippen LogP contribution in [0.15, 0.2) is 47.4 Å². The predicted molar refractivity (Wildman–Crippen MR) is 88.4 cm³/mol. The first-order valence-corrected chi connectivity index (χ1v) is 8.08. The summed E-state index contributed by atoms with van der Waals surface area (Å²) in [4.78, 5) is 12.5. The number of ether oxygens (including phenoxy) is 1. The first kappa shape index (κ1) is 16.4. The second-order valence-corrected chi connectivity index (χ2v) is 6.17. The van der Waals surface area contributed by atoms with Crippen LogP contribution >= 0.6 is 23.4 Å². The van der Waals surface area contributed by atoms with Gasteiger partial charge >= 0.3 is 0 Å². The molecule has 22 heavy (non-hydrogen) atoms. The number of carbonyl (C=O) groups excluding carboxylic acids is 1. The van der Waals surface area contributed by atoms with Crippen molar-refractivity contribution in [2.24, 2.45) is 0 Å². The molecule has 0 heterocycles. The van der Waals surface area contributed by atoms with Crippen LogP contribution < -0.4 is 4.74 Å². The number of hydrogen-bond donors (Lipinski definition) is 0. The summed E-state index contributed by atoms with van der Waals surface area (Å²) in [6.07, 6.45) is 0.0401. The normalized spacial score (nSPS) is 11.5. The summed E-state index contributed by atoms with van der Waals surface area (Å²) in [5.41, 5.74) is 1.15. The number of nitrogens with zero attached hydrogens (tertiary/aromatic N) is 1. The highest BCUT2D eigenvalue weighted by Crippen LogP contribution is 2.27. The fourth-order valence-electron chi connectivity index (χ4n) is 1.90. The number of rotatable bonds is 6. The molecule has 0 spiro atoms. The highest BCUT2D eigenvalue weighted by Gasteiger charge is 2.13. The fourth-order valence-corrected chi connectivity index (χ4v) is 2.78. The Hall–Kier alpha value is -1.96. The predicted octanol–water partition coefficient (Wildman–Crippen LogP) is 4.64. The molecule has 2 aromatic carbocycles. The molecule has 1 atom stereocenters. The van der Waals surface area contributed by atoms with Crippen LogP contribution in [0.1, 0.15) is 24.2 Å². The van der Waals surface area contributed by atoms with E-state index >= 15 is 0 Å². The summed E-state index contributed by atoms with van der Waals surface area (Å²) in [5.74, 6) is 1.45. The van der Waals surface area contributed by atoms with E-state index in [1.165, 1.54) is 6.07 Å². The SMILES string of the molecule is CCSc1ccc(C(C=O)Oc2ccc(C#N)c(Cl)c2)cc1. The van der Waals surface area contributed by atoms with Gasteiger partial charge in [0.1, 0.15) is 11.8 Å². The van der Waals surface area contributed by atoms with Gasteiger partial charge in [0.15, 0.2) is 12.4 Å². The van der Waals surface area contributed by atoms with Crippen molar-refractivity contribution < 1.29 is 9.53 Å². The third-order valence-electron chi connectivity index (χ3n) is 2.97. The van der Waals surface area contributed by atoms with Gasteiger partial charge in [-0.3, -0.25) is 4.79 Å². The molecule has 2 rings (SSSR count). The average molecular weight is 332 g/mol. The zero-order chi connectivity index (χ0) is 15.9. The van der Waals surface area contributed by atoms with Crippen molar-refractivity contribution >= 4 is 29.6 Å². The van der Waals surface area contributed by atoms with Gasteiger partial charge in [0, 0.05) is 11.0 Å². The molecule has 0 saturated carbocycles. The second kappa shape index (κ2) is 7.88. The van der Waals surface area contributed by atoms with Crippen LogP contribution in [0.3, 0.4) is 0 Å². The lowest BCUT2D eigenvalue weighted by Crippen LogP contribution is -2.09. The molecule has 3 nitrogen and oxygen atoms in total. The average Bonchev–Trinajstić information content (AvgIpc) is 2.54. The van der Waals surface area contributed by atoms with E-state index in [9.17, 15) is 4.79 Å². The Bertz CT molecular complexity index is 695. The standard InChI is InChI=1S/C17H14ClNO2S/c1-2-22-15-7-4-12(5-8-15)17(11-20)21-14-6-3-13(10-19)16(18)9-14/h3-9,11,17H,2H2,1H3. The lowest BCUT2D eigenvalue weighted by Gasteiger charge is -2.14. The van der Waals surface area contributed by atoms with Crippen LogP contribution in [0, 0.1) is 11.3 Å². The van der Waals surface area contributed by atoms with Gasteiger partial charge in [0.05, 0.1) is 10.6 Å². The van der Waals surface area contributed by atoms with Gasteiger partial charge in [-0.05, 0) is 35.6 Å². The van der Waals surface area contributed by atoms with Crippen molar-refractivity contribution in [1.29, 1.82) is 5.26 Å². The molecule has 0 aromatic heterocycles. The number of carbonyl (C=O) groups is 1. The van der Waals surface area contributed by atoms with E-state index in [4.69, 9.17) is 21.6 Å². The number of halogens is 1. The maximum Gasteiger partial charge on any atom is 0.179 e. The summed E-state index contributed by atoms with van der Waals surface area (Å²) in [6.45, 7) is 2.09. The second-order valence-electron chi connectivity index (χ2n) is 4.43. The molecule has 0 amide bonds. The van der Waals surface area contributed by atoms with Crippen molar-refractivity contribution in [2.75, 3.05) is 5.75 Å². The summed E-state index contributed by atoms with van der Waals surface area (Å²) in [6, 6.07) is 14.4. The number of benzene rings is 2. The minimum atomic E-state index is -0.704. The Morgan fingerprint density at radius 3 is 2.59 bits per heavy atom. The Labute approximate surface area is 138 Å². The third kappa shape index (κ3) is 4.03. The summed E-state index contributed by atoms with van der Waals surface area (Å²) in [7, 11) is 0. The number of hydrogen-bond acceptors (Lipinski definition) is 4. The van der Waals surface area contributed by atoms with Crippen LogP contribution in [-0.4, -0.2) is 12.0 Å². The topological polar surface area (TPSA) is 50.1 Å². The van der Waals surface area contributed by atoms with Gasteiger partial charge in [0.25, 0.3) is 0 Å². The highest BCUT2D eigenvalue weighted by atomic mass is 35.5. The quantitative estimate of drug-likeness (QED) is 0.571. The first-order chi connectivity index (χ1) is 10.7. The molecule has 0 fully saturated rings. The molecular formula is C17H14ClNO2S. The zero-order valence-electron chi connectivity index (χ0n) is 12.0. The summed E-state index contributed by atoms with van der Waals surface area (Å²) in [5, 5.41) is 9.16. The van der Waals surface area contributed by atoms with Gasteiger partial charge in [-0.1, -0.05) is 30.7 Å². The molecule has 0 saturated heterocycles. The number of thioether (sulfide) groups is 1. The molecule has 0 aliphatic heterocycles. The fraction of sp³-hybridized carbons (Fsp3) is 0.176. The summed E-state index contributed by atoms with van der Waals surface area (Å²) >= 11 is 7.70. The van der Waals surface area contributed by atoms with E-state index in [0.29, 0.717) is 16.3 Å². The first-order valence-electron chi connectivity index (χ1n) is 6.72. The minimum Gasteiger partial charge on any atom is -0.478 e. The molecule has 0 bridgehead atoms. The van der Waals surface area contributed by atoms with E-state index in [1.807, 2.05) is 30.3 Å². The monoisotopic (exact) mass is 331 g/mol. The van der Waals surface area contributed by atoms with Crippen LogP contribution in [0.5, 0.6) is 5.75 Å². The Balaban J connectivity index is 2.16. The molecule has 5 heteroatoms. The van der Waals surface area contributed by atoms with E-state index in [-0.39, 0.29) is 0 Å². The maximum atomic E-state index is 11.3. The lowest BCUT2D eigenvalue weighted by atomic mass is 10.1. The molecule has 0 N–H and O–H groups in total. The smallest absolute Gasteiger partial charge is 0.179 e. The van der Waals surface area contributed by atoms with Crippen molar-refractivity contribution in [2.45, 2.75) is 17.9 Å². The van der Waals surface area contributed by atoms with Crippen molar-refractivity contribution in [3.63, 3.8) is 0 Å². The van der Waals surface area contributed by atoms with Crippen LogP contribution in [0.2, 0.25) is 5.02 Å². The van der Waals surface area contributed by atoms with Gasteiger partial charge in [-0.15, -0.1) is 11.8 Å². The number of nitriles is 1. The third-order valence-corrected chi connectivity index (χ3v) is 4.17. The minimum absolute atomic E-state index is 0.305. The van der Waals surface area contributed by atoms with E-state index in [2.05, 4.69) is 6.92 Å². The molecule has 0 radical (unpaired) electrons. The zero-order valence-corrected chi connectivity index (χ0v) is 13.5. The largest absolute Gasteiger partial charge is 0.478 e. The number of aldehydes is 1. The molecular weight excluding hydrogens is 318 g/mol. The van der Waals surface area contributed by atoms with Crippen molar-refractivity contribution in [3.8, 4) is 11.8 Å². The Kier molecular flexibility index (Phi) is 5.88. The van der Waals surface area contributed by atoms with Gasteiger partial charge in [0.2, 0.25) is 0 Å². The summed E-state index contributed by atoms with van der Waals surface area (Å²) < 4.78 is 5.66. The molecule has 0 aliphatic rings. The van der Waals surface area contributed by atoms with Crippen molar-refractivity contribution in [3.05, 3.63) is 58.6 Å². The van der Waals surface area contributed by atoms with E-state index in [1.54, 1.807) is 23.9 Å². The maximum absolute atomic E-state index is 11.3. The lowest BCUT2D eigenvalue weighted by molar-refractivity contribution is -0.113. The Morgan fingerprint density at radius 1 is 1.32 bits per heavy atom. The van der Waals surface area contributed by atoms with Crippen LogP contribution in [-0.2, 0) is 4.79 Å². The van der Waals surface area contributed by atoms with Crippen LogP contribution in [0.25, 0.3) is 0 Å². The Morgan fingerprint density at radius 2 is 2.05 bits per heavy atom. The molecule has 112 valence electrons. The van der Waals surface area contributed by atoms with Gasteiger partial charge in [-0.2, -0.15) is 5.26 Å². The van der Waals surface area contributed by atoms with E-state index < -0.39 is 6.10 Å². The van der Waals surface area contributed by atoms with Gasteiger partial charge in [-0.25, -0.2) is 0 Å². The highest BCUT2D eigenvalue weighted by molar-refractivity contribution is 7.99. The van der Waals surface area contributed by atoms with Gasteiger partial charge < -0.3 is 4.74 Å². The van der Waals surface area contributed by atoms with E-state index in [0.717, 1.165) is 22.5 Å². The van der Waals surface area contributed by atoms with Crippen LogP contribution in [0.4, 0.5) is 0 Å². The molecule has 2 aromatic rings.